The molecule has 1 aliphatic rings. The van der Waals surface area contributed by atoms with Gasteiger partial charge in [-0.25, -0.2) is 0 Å². The normalized spacial score (nSPS) is 21.0. The van der Waals surface area contributed by atoms with Gasteiger partial charge in [-0.05, 0) is 37.8 Å². The molecule has 1 unspecified atom stereocenters. The first-order valence-electron chi connectivity index (χ1n) is 8.06. The number of carboxylic acid groups (broad SMARTS) is 1. The van der Waals surface area contributed by atoms with Crippen molar-refractivity contribution in [3.8, 4) is 0 Å². The zero-order chi connectivity index (χ0) is 16.4. The summed E-state index contributed by atoms with van der Waals surface area (Å²) >= 11 is 0. The molecular formula is C18H22N2O3. The molecule has 0 bridgehead atoms. The molecule has 2 heterocycles. The summed E-state index contributed by atoms with van der Waals surface area (Å²) in [6.45, 7) is 2.59. The molecule has 1 amide bonds. The van der Waals surface area contributed by atoms with Gasteiger partial charge in [-0.1, -0.05) is 18.2 Å². The van der Waals surface area contributed by atoms with Crippen LogP contribution in [0.3, 0.4) is 0 Å². The fourth-order valence-electron chi connectivity index (χ4n) is 3.28. The van der Waals surface area contributed by atoms with Gasteiger partial charge in [0.1, 0.15) is 0 Å². The molecule has 1 aromatic heterocycles. The Balaban J connectivity index is 1.53. The predicted molar refractivity (Wildman–Crippen MR) is 88.2 cm³/mol. The van der Waals surface area contributed by atoms with E-state index in [1.165, 1.54) is 10.9 Å². The van der Waals surface area contributed by atoms with Gasteiger partial charge in [-0.2, -0.15) is 0 Å². The second-order valence-corrected chi connectivity index (χ2v) is 6.64. The summed E-state index contributed by atoms with van der Waals surface area (Å²) in [7, 11) is 0. The zero-order valence-corrected chi connectivity index (χ0v) is 13.3. The lowest BCUT2D eigenvalue weighted by Gasteiger charge is -2.20. The SMILES string of the molecule is CC1(C(=O)O)CCN(C(=O)CCCc2c[nH]c3ccccc23)C1. The number of hydrogen-bond donors (Lipinski definition) is 2. The highest BCUT2D eigenvalue weighted by atomic mass is 16.4. The lowest BCUT2D eigenvalue weighted by Crippen LogP contribution is -2.34. The molecule has 1 fully saturated rings. The number of nitrogens with zero attached hydrogens (tertiary/aromatic N) is 1. The summed E-state index contributed by atoms with van der Waals surface area (Å²) in [5.41, 5.74) is 1.56. The summed E-state index contributed by atoms with van der Waals surface area (Å²) in [5, 5.41) is 10.4. The molecule has 5 heteroatoms. The number of aryl methyl sites for hydroxylation is 1. The average molecular weight is 314 g/mol. The average Bonchev–Trinajstić information content (AvgIpc) is 3.13. The third-order valence-electron chi connectivity index (χ3n) is 4.85. The Hall–Kier alpha value is -2.30. The molecule has 1 atom stereocenters. The number of rotatable bonds is 5. The number of aromatic amines is 1. The van der Waals surface area contributed by atoms with E-state index in [0.29, 0.717) is 25.9 Å². The highest BCUT2D eigenvalue weighted by Gasteiger charge is 2.41. The Bertz CT molecular complexity index is 737. The topological polar surface area (TPSA) is 73.4 Å². The number of benzene rings is 1. The molecular weight excluding hydrogens is 292 g/mol. The molecule has 0 saturated carbocycles. The van der Waals surface area contributed by atoms with Crippen molar-refractivity contribution in [1.29, 1.82) is 0 Å². The number of hydrogen-bond acceptors (Lipinski definition) is 2. The monoisotopic (exact) mass is 314 g/mol. The zero-order valence-electron chi connectivity index (χ0n) is 13.3. The lowest BCUT2D eigenvalue weighted by molar-refractivity contribution is -0.147. The van der Waals surface area contributed by atoms with Crippen molar-refractivity contribution in [2.75, 3.05) is 13.1 Å². The van der Waals surface area contributed by atoms with Crippen LogP contribution in [0.25, 0.3) is 10.9 Å². The van der Waals surface area contributed by atoms with Crippen molar-refractivity contribution in [2.45, 2.75) is 32.6 Å². The number of carbonyl (C=O) groups is 2. The van der Waals surface area contributed by atoms with E-state index in [4.69, 9.17) is 0 Å². The second-order valence-electron chi connectivity index (χ2n) is 6.64. The number of H-pyrrole nitrogens is 1. The van der Waals surface area contributed by atoms with Gasteiger partial charge in [0.25, 0.3) is 0 Å². The van der Waals surface area contributed by atoms with Crippen LogP contribution in [0.1, 0.15) is 31.7 Å². The maximum Gasteiger partial charge on any atom is 0.311 e. The molecule has 0 aliphatic carbocycles. The van der Waals surface area contributed by atoms with Crippen molar-refractivity contribution in [1.82, 2.24) is 9.88 Å². The minimum atomic E-state index is -0.813. The van der Waals surface area contributed by atoms with E-state index in [2.05, 4.69) is 11.1 Å². The van der Waals surface area contributed by atoms with Gasteiger partial charge < -0.3 is 15.0 Å². The quantitative estimate of drug-likeness (QED) is 0.891. The van der Waals surface area contributed by atoms with Gasteiger partial charge in [-0.3, -0.25) is 9.59 Å². The van der Waals surface area contributed by atoms with Crippen molar-refractivity contribution in [3.05, 3.63) is 36.0 Å². The fourth-order valence-corrected chi connectivity index (χ4v) is 3.28. The highest BCUT2D eigenvalue weighted by Crippen LogP contribution is 2.30. The van der Waals surface area contributed by atoms with Crippen molar-refractivity contribution < 1.29 is 14.7 Å². The van der Waals surface area contributed by atoms with Crippen LogP contribution in [-0.4, -0.2) is 40.0 Å². The number of amides is 1. The van der Waals surface area contributed by atoms with Crippen molar-refractivity contribution >= 4 is 22.8 Å². The number of likely N-dealkylation sites (tertiary alicyclic amines) is 1. The molecule has 1 saturated heterocycles. The lowest BCUT2D eigenvalue weighted by atomic mass is 9.90. The Labute approximate surface area is 135 Å². The number of carboxylic acids is 1. The molecule has 5 nitrogen and oxygen atoms in total. The molecule has 3 rings (SSSR count). The fraction of sp³-hybridized carbons (Fsp3) is 0.444. The Morgan fingerprint density at radius 2 is 2.13 bits per heavy atom. The van der Waals surface area contributed by atoms with E-state index in [-0.39, 0.29) is 5.91 Å². The predicted octanol–water partition coefficient (Wildman–Crippen LogP) is 2.81. The van der Waals surface area contributed by atoms with E-state index in [1.54, 1.807) is 11.8 Å². The number of nitrogens with one attached hydrogen (secondary N) is 1. The minimum Gasteiger partial charge on any atom is -0.481 e. The third kappa shape index (κ3) is 3.09. The van der Waals surface area contributed by atoms with Crippen LogP contribution >= 0.6 is 0 Å². The minimum absolute atomic E-state index is 0.0646. The number of fused-ring (bicyclic) bond motifs is 1. The van der Waals surface area contributed by atoms with Crippen LogP contribution in [0, 0.1) is 5.41 Å². The summed E-state index contributed by atoms with van der Waals surface area (Å²) in [6, 6.07) is 8.14. The van der Waals surface area contributed by atoms with E-state index >= 15 is 0 Å². The molecule has 0 radical (unpaired) electrons. The van der Waals surface area contributed by atoms with Crippen molar-refractivity contribution in [3.63, 3.8) is 0 Å². The molecule has 0 spiro atoms. The van der Waals surface area contributed by atoms with Crippen LogP contribution < -0.4 is 0 Å². The molecule has 23 heavy (non-hydrogen) atoms. The summed E-state index contributed by atoms with van der Waals surface area (Å²) in [5.74, 6) is -0.749. The first-order valence-corrected chi connectivity index (χ1v) is 8.06. The Morgan fingerprint density at radius 1 is 1.35 bits per heavy atom. The molecule has 122 valence electrons. The molecule has 1 aromatic carbocycles. The van der Waals surface area contributed by atoms with Crippen LogP contribution in [0.5, 0.6) is 0 Å². The van der Waals surface area contributed by atoms with Gasteiger partial charge in [0, 0.05) is 36.6 Å². The third-order valence-corrected chi connectivity index (χ3v) is 4.85. The van der Waals surface area contributed by atoms with E-state index in [1.807, 2.05) is 24.4 Å². The molecule has 2 aromatic rings. The smallest absolute Gasteiger partial charge is 0.311 e. The van der Waals surface area contributed by atoms with Gasteiger partial charge in [-0.15, -0.1) is 0 Å². The molecule has 2 N–H and O–H groups in total. The summed E-state index contributed by atoms with van der Waals surface area (Å²) < 4.78 is 0. The van der Waals surface area contributed by atoms with Crippen LogP contribution in [-0.2, 0) is 16.0 Å². The maximum atomic E-state index is 12.3. The molecule has 1 aliphatic heterocycles. The maximum absolute atomic E-state index is 12.3. The highest BCUT2D eigenvalue weighted by molar-refractivity contribution is 5.83. The number of para-hydroxylation sites is 1. The van der Waals surface area contributed by atoms with Gasteiger partial charge in [0.15, 0.2) is 0 Å². The van der Waals surface area contributed by atoms with Crippen LogP contribution in [0.15, 0.2) is 30.5 Å². The first kappa shape index (κ1) is 15.6. The van der Waals surface area contributed by atoms with Gasteiger partial charge in [0.2, 0.25) is 5.91 Å². The van der Waals surface area contributed by atoms with Crippen LogP contribution in [0.2, 0.25) is 0 Å². The number of aromatic nitrogens is 1. The van der Waals surface area contributed by atoms with E-state index in [9.17, 15) is 14.7 Å². The number of carbonyl (C=O) groups excluding carboxylic acids is 1. The van der Waals surface area contributed by atoms with Crippen LogP contribution in [0.4, 0.5) is 0 Å². The largest absolute Gasteiger partial charge is 0.481 e. The van der Waals surface area contributed by atoms with Gasteiger partial charge >= 0.3 is 5.97 Å². The standard InChI is InChI=1S/C18H22N2O3/c1-18(17(22)23)9-10-20(12-18)16(21)8-4-5-13-11-19-15-7-3-2-6-14(13)15/h2-3,6-7,11,19H,4-5,8-10,12H2,1H3,(H,22,23). The second kappa shape index (κ2) is 6.07. The van der Waals surface area contributed by atoms with Gasteiger partial charge in [0.05, 0.1) is 5.41 Å². The summed E-state index contributed by atoms with van der Waals surface area (Å²) in [4.78, 5) is 28.5. The summed E-state index contributed by atoms with van der Waals surface area (Å²) in [6.07, 6.45) is 4.64. The van der Waals surface area contributed by atoms with E-state index < -0.39 is 11.4 Å². The number of aliphatic carboxylic acids is 1. The first-order chi connectivity index (χ1) is 11.0. The Kier molecular flexibility index (Phi) is 4.11. The van der Waals surface area contributed by atoms with Crippen molar-refractivity contribution in [2.24, 2.45) is 5.41 Å². The Morgan fingerprint density at radius 3 is 2.87 bits per heavy atom. The van der Waals surface area contributed by atoms with E-state index in [0.717, 1.165) is 18.4 Å².